The molecule has 0 radical (unpaired) electrons. The van der Waals surface area contributed by atoms with Crippen LogP contribution in [0.4, 0.5) is 4.39 Å². The maximum absolute atomic E-state index is 13.7. The third-order valence-electron chi connectivity index (χ3n) is 2.78. The van der Waals surface area contributed by atoms with Crippen LogP contribution in [0.5, 0.6) is 5.75 Å². The van der Waals surface area contributed by atoms with Crippen molar-refractivity contribution in [1.82, 2.24) is 0 Å². The first kappa shape index (κ1) is 14.3. The summed E-state index contributed by atoms with van der Waals surface area (Å²) in [5, 5.41) is 0. The molecule has 0 aliphatic rings. The molecule has 4 heteroatoms. The lowest BCUT2D eigenvalue weighted by atomic mass is 10.1. The SMILES string of the molecule is CC(N)c1ccc(OCc2ccc(I)cc2)cc1F. The van der Waals surface area contributed by atoms with E-state index in [9.17, 15) is 4.39 Å². The van der Waals surface area contributed by atoms with Crippen LogP contribution < -0.4 is 10.5 Å². The van der Waals surface area contributed by atoms with E-state index in [4.69, 9.17) is 10.5 Å². The average Bonchev–Trinajstić information content (AvgIpc) is 2.37. The molecule has 0 bridgehead atoms. The van der Waals surface area contributed by atoms with E-state index in [1.807, 2.05) is 24.3 Å². The number of ether oxygens (including phenoxy) is 1. The zero-order valence-corrected chi connectivity index (χ0v) is 12.7. The Bertz CT molecular complexity index is 555. The molecule has 100 valence electrons. The van der Waals surface area contributed by atoms with Gasteiger partial charge in [-0.05, 0) is 53.3 Å². The summed E-state index contributed by atoms with van der Waals surface area (Å²) in [6.45, 7) is 2.18. The summed E-state index contributed by atoms with van der Waals surface area (Å²) >= 11 is 2.25. The van der Waals surface area contributed by atoms with Gasteiger partial charge in [-0.3, -0.25) is 0 Å². The number of rotatable bonds is 4. The van der Waals surface area contributed by atoms with Gasteiger partial charge in [0.25, 0.3) is 0 Å². The molecule has 0 heterocycles. The van der Waals surface area contributed by atoms with E-state index in [1.54, 1.807) is 19.1 Å². The topological polar surface area (TPSA) is 35.2 Å². The van der Waals surface area contributed by atoms with Gasteiger partial charge >= 0.3 is 0 Å². The Kier molecular flexibility index (Phi) is 4.76. The highest BCUT2D eigenvalue weighted by atomic mass is 127. The van der Waals surface area contributed by atoms with E-state index in [0.717, 1.165) is 5.56 Å². The van der Waals surface area contributed by atoms with Crippen molar-refractivity contribution in [2.24, 2.45) is 5.73 Å². The number of hydrogen-bond donors (Lipinski definition) is 1. The van der Waals surface area contributed by atoms with E-state index in [1.165, 1.54) is 9.64 Å². The van der Waals surface area contributed by atoms with Gasteiger partial charge in [-0.25, -0.2) is 4.39 Å². The summed E-state index contributed by atoms with van der Waals surface area (Å²) in [5.41, 5.74) is 7.22. The van der Waals surface area contributed by atoms with Gasteiger partial charge in [0.05, 0.1) is 0 Å². The van der Waals surface area contributed by atoms with Gasteiger partial charge in [0.15, 0.2) is 0 Å². The number of benzene rings is 2. The van der Waals surface area contributed by atoms with Crippen LogP contribution in [0.1, 0.15) is 24.1 Å². The Labute approximate surface area is 125 Å². The van der Waals surface area contributed by atoms with Crippen molar-refractivity contribution < 1.29 is 9.13 Å². The normalized spacial score (nSPS) is 12.2. The van der Waals surface area contributed by atoms with Crippen molar-refractivity contribution in [3.8, 4) is 5.75 Å². The first-order valence-corrected chi connectivity index (χ1v) is 7.06. The molecule has 0 aliphatic carbocycles. The number of nitrogens with two attached hydrogens (primary N) is 1. The standard InChI is InChI=1S/C15H15FINO/c1-10(18)14-7-6-13(8-15(14)16)19-9-11-2-4-12(17)5-3-11/h2-8,10H,9,18H2,1H3. The molecule has 2 N–H and O–H groups in total. The first-order chi connectivity index (χ1) is 9.06. The quantitative estimate of drug-likeness (QED) is 0.824. The predicted octanol–water partition coefficient (Wildman–Crippen LogP) is 4.03. The maximum atomic E-state index is 13.7. The molecule has 0 saturated carbocycles. The molecule has 19 heavy (non-hydrogen) atoms. The minimum atomic E-state index is -0.324. The van der Waals surface area contributed by atoms with Crippen LogP contribution in [0.3, 0.4) is 0 Å². The van der Waals surface area contributed by atoms with Crippen LogP contribution >= 0.6 is 22.6 Å². The molecule has 0 aliphatic heterocycles. The van der Waals surface area contributed by atoms with Crippen LogP contribution in [-0.4, -0.2) is 0 Å². The Hall–Kier alpha value is -1.14. The highest BCUT2D eigenvalue weighted by Crippen LogP contribution is 2.21. The van der Waals surface area contributed by atoms with Gasteiger partial charge in [-0.1, -0.05) is 18.2 Å². The summed E-state index contributed by atoms with van der Waals surface area (Å²) in [7, 11) is 0. The van der Waals surface area contributed by atoms with Crippen molar-refractivity contribution in [3.05, 3.63) is 63.0 Å². The second kappa shape index (κ2) is 6.34. The fourth-order valence-corrected chi connectivity index (χ4v) is 2.07. The van der Waals surface area contributed by atoms with E-state index in [-0.39, 0.29) is 11.9 Å². The fourth-order valence-electron chi connectivity index (χ4n) is 1.71. The van der Waals surface area contributed by atoms with Crippen LogP contribution in [0.15, 0.2) is 42.5 Å². The van der Waals surface area contributed by atoms with Crippen molar-refractivity contribution >= 4 is 22.6 Å². The maximum Gasteiger partial charge on any atom is 0.131 e. The summed E-state index contributed by atoms with van der Waals surface area (Å²) in [6, 6.07) is 12.5. The smallest absolute Gasteiger partial charge is 0.131 e. The Morgan fingerprint density at radius 2 is 1.89 bits per heavy atom. The van der Waals surface area contributed by atoms with Crippen LogP contribution in [0.25, 0.3) is 0 Å². The molecular formula is C15H15FINO. The molecule has 0 aromatic heterocycles. The summed E-state index contributed by atoms with van der Waals surface area (Å²) in [6.07, 6.45) is 0. The van der Waals surface area contributed by atoms with Gasteiger partial charge in [-0.15, -0.1) is 0 Å². The van der Waals surface area contributed by atoms with Crippen molar-refractivity contribution in [1.29, 1.82) is 0 Å². The largest absolute Gasteiger partial charge is 0.489 e. The molecule has 0 saturated heterocycles. The van der Waals surface area contributed by atoms with Crippen molar-refractivity contribution in [2.75, 3.05) is 0 Å². The predicted molar refractivity (Wildman–Crippen MR) is 82.5 cm³/mol. The number of hydrogen-bond acceptors (Lipinski definition) is 2. The fraction of sp³-hybridized carbons (Fsp3) is 0.200. The summed E-state index contributed by atoms with van der Waals surface area (Å²) < 4.78 is 20.5. The molecule has 0 amide bonds. The third kappa shape index (κ3) is 3.91. The summed E-state index contributed by atoms with van der Waals surface area (Å²) in [5.74, 6) is 0.190. The average molecular weight is 371 g/mol. The number of halogens is 2. The molecule has 2 rings (SSSR count). The van der Waals surface area contributed by atoms with Gasteiger partial charge < -0.3 is 10.5 Å². The second-order valence-electron chi connectivity index (χ2n) is 4.39. The van der Waals surface area contributed by atoms with Crippen molar-refractivity contribution in [3.63, 3.8) is 0 Å². The lowest BCUT2D eigenvalue weighted by Crippen LogP contribution is -2.07. The molecule has 2 aromatic carbocycles. The second-order valence-corrected chi connectivity index (χ2v) is 5.63. The minimum Gasteiger partial charge on any atom is -0.489 e. The molecular weight excluding hydrogens is 356 g/mol. The Morgan fingerprint density at radius 3 is 2.47 bits per heavy atom. The minimum absolute atomic E-state index is 0.315. The zero-order valence-electron chi connectivity index (χ0n) is 10.6. The van der Waals surface area contributed by atoms with E-state index >= 15 is 0 Å². The van der Waals surface area contributed by atoms with E-state index < -0.39 is 0 Å². The van der Waals surface area contributed by atoms with Gasteiger partial charge in [0.2, 0.25) is 0 Å². The third-order valence-corrected chi connectivity index (χ3v) is 3.50. The van der Waals surface area contributed by atoms with E-state index in [0.29, 0.717) is 17.9 Å². The molecule has 2 aromatic rings. The Morgan fingerprint density at radius 1 is 1.21 bits per heavy atom. The first-order valence-electron chi connectivity index (χ1n) is 5.98. The Balaban J connectivity index is 2.04. The monoisotopic (exact) mass is 371 g/mol. The summed E-state index contributed by atoms with van der Waals surface area (Å²) in [4.78, 5) is 0. The lowest BCUT2D eigenvalue weighted by Gasteiger charge is -2.10. The van der Waals surface area contributed by atoms with Gasteiger partial charge in [0.1, 0.15) is 18.2 Å². The van der Waals surface area contributed by atoms with Gasteiger partial charge in [-0.2, -0.15) is 0 Å². The molecule has 0 fully saturated rings. The molecule has 2 nitrogen and oxygen atoms in total. The highest BCUT2D eigenvalue weighted by molar-refractivity contribution is 14.1. The van der Waals surface area contributed by atoms with Crippen LogP contribution in [0.2, 0.25) is 0 Å². The van der Waals surface area contributed by atoms with Gasteiger partial charge in [0, 0.05) is 21.2 Å². The van der Waals surface area contributed by atoms with Crippen LogP contribution in [0, 0.1) is 9.39 Å². The molecule has 1 atom stereocenters. The van der Waals surface area contributed by atoms with Crippen LogP contribution in [-0.2, 0) is 6.61 Å². The lowest BCUT2D eigenvalue weighted by molar-refractivity contribution is 0.304. The molecule has 1 unspecified atom stereocenters. The highest BCUT2D eigenvalue weighted by Gasteiger charge is 2.08. The molecule has 0 spiro atoms. The van der Waals surface area contributed by atoms with E-state index in [2.05, 4.69) is 22.6 Å². The zero-order chi connectivity index (χ0) is 13.8. The van der Waals surface area contributed by atoms with Crippen molar-refractivity contribution in [2.45, 2.75) is 19.6 Å².